The zero-order chi connectivity index (χ0) is 13.1. The Morgan fingerprint density at radius 3 is 2.71 bits per heavy atom. The number of nitrogens with two attached hydrogens (primary N) is 1. The molecule has 1 aliphatic heterocycles. The molecule has 0 aliphatic carbocycles. The van der Waals surface area contributed by atoms with Crippen LogP contribution in [0.1, 0.15) is 12.8 Å². The molecular weight excluding hydrogens is 246 g/mol. The molecule has 0 aromatic rings. The summed E-state index contributed by atoms with van der Waals surface area (Å²) in [5, 5.41) is 11.1. The molecule has 8 heteroatoms. The predicted octanol–water partition coefficient (Wildman–Crippen LogP) is -0.984. The van der Waals surface area contributed by atoms with E-state index in [1.165, 1.54) is 4.90 Å². The van der Waals surface area contributed by atoms with Gasteiger partial charge >= 0.3 is 0 Å². The third-order valence-corrected chi connectivity index (χ3v) is 4.56. The summed E-state index contributed by atoms with van der Waals surface area (Å²) in [4.78, 5) is 13.3. The largest absolute Gasteiger partial charge is 0.409 e. The van der Waals surface area contributed by atoms with E-state index >= 15 is 0 Å². The Bertz CT molecular complexity index is 418. The van der Waals surface area contributed by atoms with E-state index in [-0.39, 0.29) is 29.7 Å². The molecule has 1 heterocycles. The molecule has 0 radical (unpaired) electrons. The smallest absolute Gasteiger partial charge is 0.226 e. The van der Waals surface area contributed by atoms with E-state index in [4.69, 9.17) is 10.9 Å². The number of hydrogen-bond acceptors (Lipinski definition) is 5. The molecule has 1 rings (SSSR count). The van der Waals surface area contributed by atoms with E-state index in [0.717, 1.165) is 0 Å². The van der Waals surface area contributed by atoms with E-state index in [9.17, 15) is 13.2 Å². The molecule has 3 N–H and O–H groups in total. The van der Waals surface area contributed by atoms with Gasteiger partial charge in [0.25, 0.3) is 0 Å². The minimum absolute atomic E-state index is 0.0451. The van der Waals surface area contributed by atoms with Crippen molar-refractivity contribution in [3.05, 3.63) is 0 Å². The quantitative estimate of drug-likeness (QED) is 0.293. The third kappa shape index (κ3) is 3.88. The number of hydrogen-bond donors (Lipinski definition) is 2. The number of sulfone groups is 1. The number of amides is 1. The molecule has 98 valence electrons. The second-order valence-corrected chi connectivity index (χ2v) is 6.43. The van der Waals surface area contributed by atoms with Gasteiger partial charge in [-0.05, 0) is 6.42 Å². The van der Waals surface area contributed by atoms with Gasteiger partial charge in [-0.3, -0.25) is 4.79 Å². The summed E-state index contributed by atoms with van der Waals surface area (Å²) in [5.74, 6) is -0.588. The van der Waals surface area contributed by atoms with E-state index < -0.39 is 15.8 Å². The van der Waals surface area contributed by atoms with Crippen LogP contribution in [0.25, 0.3) is 0 Å². The molecule has 1 amide bonds. The number of nitrogens with zero attached hydrogens (tertiary/aromatic N) is 2. The maximum absolute atomic E-state index is 11.9. The van der Waals surface area contributed by atoms with Crippen molar-refractivity contribution in [3.8, 4) is 0 Å². The molecule has 1 aliphatic rings. The summed E-state index contributed by atoms with van der Waals surface area (Å²) in [5.41, 5.74) is 5.28. The van der Waals surface area contributed by atoms with Gasteiger partial charge in [0.05, 0.1) is 17.4 Å². The maximum Gasteiger partial charge on any atom is 0.226 e. The Morgan fingerprint density at radius 2 is 2.24 bits per heavy atom. The lowest BCUT2D eigenvalue weighted by atomic mass is 10.1. The first kappa shape index (κ1) is 13.8. The maximum atomic E-state index is 11.9. The minimum atomic E-state index is -3.05. The molecule has 0 spiro atoms. The molecule has 0 bridgehead atoms. The number of amidine groups is 1. The summed E-state index contributed by atoms with van der Waals surface area (Å²) in [6.07, 6.45) is 0.646. The first-order valence-electron chi connectivity index (χ1n) is 5.27. The second-order valence-electron chi connectivity index (χ2n) is 4.20. The van der Waals surface area contributed by atoms with Crippen molar-refractivity contribution >= 4 is 21.6 Å². The highest BCUT2D eigenvalue weighted by Gasteiger charge is 2.34. The lowest BCUT2D eigenvalue weighted by molar-refractivity contribution is -0.133. The lowest BCUT2D eigenvalue weighted by Gasteiger charge is -2.19. The van der Waals surface area contributed by atoms with Crippen LogP contribution in [-0.4, -0.2) is 55.4 Å². The summed E-state index contributed by atoms with van der Waals surface area (Å²) in [6, 6.07) is 0. The lowest BCUT2D eigenvalue weighted by Crippen LogP contribution is -2.35. The summed E-state index contributed by atoms with van der Waals surface area (Å²) < 4.78 is 22.5. The molecular formula is C9H17N3O4S. The SMILES string of the molecule is CN(CCC(N)=NO)C(=O)C1CCS(=O)(=O)C1. The number of carbonyl (C=O) groups is 1. The first-order valence-corrected chi connectivity index (χ1v) is 7.09. The summed E-state index contributed by atoms with van der Waals surface area (Å²) >= 11 is 0. The van der Waals surface area contributed by atoms with E-state index in [1.54, 1.807) is 7.05 Å². The monoisotopic (exact) mass is 263 g/mol. The first-order chi connectivity index (χ1) is 7.85. The van der Waals surface area contributed by atoms with Crippen molar-refractivity contribution in [1.82, 2.24) is 4.90 Å². The predicted molar refractivity (Wildman–Crippen MR) is 62.4 cm³/mol. The van der Waals surface area contributed by atoms with Crippen LogP contribution in [0.2, 0.25) is 0 Å². The van der Waals surface area contributed by atoms with Crippen LogP contribution in [0.4, 0.5) is 0 Å². The Morgan fingerprint density at radius 1 is 1.59 bits per heavy atom. The fraction of sp³-hybridized carbons (Fsp3) is 0.778. The zero-order valence-electron chi connectivity index (χ0n) is 9.66. The summed E-state index contributed by atoms with van der Waals surface area (Å²) in [6.45, 7) is 0.311. The van der Waals surface area contributed by atoms with Crippen molar-refractivity contribution in [3.63, 3.8) is 0 Å². The Kier molecular flexibility index (Phi) is 4.33. The van der Waals surface area contributed by atoms with Gasteiger partial charge in [-0.1, -0.05) is 5.16 Å². The fourth-order valence-electron chi connectivity index (χ4n) is 1.74. The molecule has 1 fully saturated rings. The molecule has 0 aromatic carbocycles. The molecule has 0 aromatic heterocycles. The van der Waals surface area contributed by atoms with Gasteiger partial charge < -0.3 is 15.8 Å². The average Bonchev–Trinajstić information content (AvgIpc) is 2.64. The van der Waals surface area contributed by atoms with Gasteiger partial charge in [-0.25, -0.2) is 8.42 Å². The van der Waals surface area contributed by atoms with E-state index in [1.807, 2.05) is 0 Å². The van der Waals surface area contributed by atoms with Crippen molar-refractivity contribution in [2.24, 2.45) is 16.8 Å². The van der Waals surface area contributed by atoms with Crippen LogP contribution in [0.15, 0.2) is 5.16 Å². The number of oxime groups is 1. The van der Waals surface area contributed by atoms with E-state index in [0.29, 0.717) is 13.0 Å². The Balaban J connectivity index is 2.48. The molecule has 0 saturated carbocycles. The highest BCUT2D eigenvalue weighted by Crippen LogP contribution is 2.20. The topological polar surface area (TPSA) is 113 Å². The van der Waals surface area contributed by atoms with Crippen LogP contribution in [0.3, 0.4) is 0 Å². The number of rotatable bonds is 4. The standard InChI is InChI=1S/C9H17N3O4S/c1-12(4-2-8(10)11-14)9(13)7-3-5-17(15,16)6-7/h7,14H,2-6H2,1H3,(H2,10,11). The van der Waals surface area contributed by atoms with Crippen LogP contribution in [-0.2, 0) is 14.6 Å². The van der Waals surface area contributed by atoms with Gasteiger partial charge in [-0.15, -0.1) is 0 Å². The summed E-state index contributed by atoms with van der Waals surface area (Å²) in [7, 11) is -1.46. The van der Waals surface area contributed by atoms with Crippen molar-refractivity contribution in [2.45, 2.75) is 12.8 Å². The van der Waals surface area contributed by atoms with Crippen molar-refractivity contribution in [2.75, 3.05) is 25.1 Å². The Hall–Kier alpha value is -1.31. The van der Waals surface area contributed by atoms with Gasteiger partial charge in [0.15, 0.2) is 9.84 Å². The zero-order valence-corrected chi connectivity index (χ0v) is 10.5. The highest BCUT2D eigenvalue weighted by atomic mass is 32.2. The second kappa shape index (κ2) is 5.35. The van der Waals surface area contributed by atoms with Gasteiger partial charge in [-0.2, -0.15) is 0 Å². The number of carbonyl (C=O) groups excluding carboxylic acids is 1. The Labute approximate surface area is 100 Å². The molecule has 17 heavy (non-hydrogen) atoms. The third-order valence-electron chi connectivity index (χ3n) is 2.79. The van der Waals surface area contributed by atoms with Crippen LogP contribution in [0.5, 0.6) is 0 Å². The molecule has 1 unspecified atom stereocenters. The van der Waals surface area contributed by atoms with Crippen LogP contribution >= 0.6 is 0 Å². The average molecular weight is 263 g/mol. The molecule has 7 nitrogen and oxygen atoms in total. The van der Waals surface area contributed by atoms with E-state index in [2.05, 4.69) is 5.16 Å². The molecule has 1 saturated heterocycles. The van der Waals surface area contributed by atoms with Gasteiger partial charge in [0.2, 0.25) is 5.91 Å². The fourth-order valence-corrected chi connectivity index (χ4v) is 3.48. The molecule has 1 atom stereocenters. The normalized spacial score (nSPS) is 23.6. The van der Waals surface area contributed by atoms with Gasteiger partial charge in [0, 0.05) is 20.0 Å². The highest BCUT2D eigenvalue weighted by molar-refractivity contribution is 7.91. The van der Waals surface area contributed by atoms with Crippen molar-refractivity contribution in [1.29, 1.82) is 0 Å². The van der Waals surface area contributed by atoms with Gasteiger partial charge in [0.1, 0.15) is 5.84 Å². The van der Waals surface area contributed by atoms with Crippen LogP contribution in [0, 0.1) is 5.92 Å². The van der Waals surface area contributed by atoms with Crippen molar-refractivity contribution < 1.29 is 18.4 Å². The minimum Gasteiger partial charge on any atom is -0.409 e. The van der Waals surface area contributed by atoms with Crippen LogP contribution < -0.4 is 5.73 Å².